The van der Waals surface area contributed by atoms with Crippen molar-refractivity contribution in [2.45, 2.75) is 6.92 Å². The number of thiazole rings is 1. The molecule has 2 amide bonds. The molecule has 10 nitrogen and oxygen atoms in total. The van der Waals surface area contributed by atoms with Gasteiger partial charge >= 0.3 is 5.97 Å². The number of carbonyl (C=O) groups excluding carboxylic acids is 3. The second kappa shape index (κ2) is 9.04. The minimum atomic E-state index is -0.675. The van der Waals surface area contributed by atoms with Gasteiger partial charge in [0.1, 0.15) is 4.88 Å². The van der Waals surface area contributed by atoms with E-state index in [1.807, 2.05) is 0 Å². The standard InChI is InChI=1S/C17H19N3O7S/c1-8-14(16(23)26-4)28-17(19-8)20-15(22)9-5-10(24-2)13(11(6-9)25-3)27-7-12(18)21/h5-6H,7H2,1-4H3,(H2,18,21)(H,19,20,22). The first kappa shape index (κ1) is 21.0. The number of ether oxygens (including phenoxy) is 4. The molecule has 3 N–H and O–H groups in total. The molecule has 28 heavy (non-hydrogen) atoms. The quantitative estimate of drug-likeness (QED) is 0.623. The molecule has 0 saturated carbocycles. The number of aromatic nitrogens is 1. The minimum Gasteiger partial charge on any atom is -0.493 e. The second-order valence-corrected chi connectivity index (χ2v) is 6.34. The lowest BCUT2D eigenvalue weighted by atomic mass is 10.1. The van der Waals surface area contributed by atoms with Crippen LogP contribution in [0.15, 0.2) is 12.1 Å². The summed E-state index contributed by atoms with van der Waals surface area (Å²) in [5, 5.41) is 2.84. The Morgan fingerprint density at radius 1 is 1.14 bits per heavy atom. The Balaban J connectivity index is 2.30. The largest absolute Gasteiger partial charge is 0.493 e. The Hall–Kier alpha value is -3.34. The lowest BCUT2D eigenvalue weighted by molar-refractivity contribution is -0.120. The van der Waals surface area contributed by atoms with Gasteiger partial charge < -0.3 is 24.7 Å². The van der Waals surface area contributed by atoms with E-state index in [0.717, 1.165) is 11.3 Å². The fourth-order valence-corrected chi connectivity index (χ4v) is 3.08. The van der Waals surface area contributed by atoms with E-state index >= 15 is 0 Å². The van der Waals surface area contributed by atoms with Crippen molar-refractivity contribution >= 4 is 34.3 Å². The van der Waals surface area contributed by atoms with Crippen LogP contribution in [-0.2, 0) is 9.53 Å². The molecule has 0 unspecified atom stereocenters. The lowest BCUT2D eigenvalue weighted by Gasteiger charge is -2.15. The maximum Gasteiger partial charge on any atom is 0.350 e. The van der Waals surface area contributed by atoms with Gasteiger partial charge in [0.25, 0.3) is 11.8 Å². The highest BCUT2D eigenvalue weighted by molar-refractivity contribution is 7.17. The molecular weight excluding hydrogens is 390 g/mol. The van der Waals surface area contributed by atoms with E-state index in [2.05, 4.69) is 15.0 Å². The van der Waals surface area contributed by atoms with Crippen LogP contribution in [0.5, 0.6) is 17.2 Å². The molecule has 2 rings (SSSR count). The minimum absolute atomic E-state index is 0.137. The van der Waals surface area contributed by atoms with Crippen LogP contribution in [0.25, 0.3) is 0 Å². The molecule has 1 heterocycles. The first-order valence-electron chi connectivity index (χ1n) is 7.84. The van der Waals surface area contributed by atoms with Gasteiger partial charge in [0, 0.05) is 5.56 Å². The SMILES string of the molecule is COC(=O)c1sc(NC(=O)c2cc(OC)c(OCC(N)=O)c(OC)c2)nc1C. The fourth-order valence-electron chi connectivity index (χ4n) is 2.20. The van der Waals surface area contributed by atoms with Crippen LogP contribution in [0.3, 0.4) is 0 Å². The third-order valence-corrected chi connectivity index (χ3v) is 4.52. The van der Waals surface area contributed by atoms with E-state index in [4.69, 9.17) is 19.9 Å². The number of amides is 2. The number of esters is 1. The van der Waals surface area contributed by atoms with Crippen LogP contribution >= 0.6 is 11.3 Å². The maximum absolute atomic E-state index is 12.6. The van der Waals surface area contributed by atoms with E-state index in [-0.39, 0.29) is 34.6 Å². The van der Waals surface area contributed by atoms with Crippen LogP contribution < -0.4 is 25.3 Å². The Kier molecular flexibility index (Phi) is 6.77. The molecule has 0 bridgehead atoms. The van der Waals surface area contributed by atoms with Gasteiger partial charge in [0.2, 0.25) is 5.75 Å². The molecule has 0 aliphatic rings. The number of hydrogen-bond acceptors (Lipinski definition) is 9. The molecular formula is C17H19N3O7S. The third kappa shape index (κ3) is 4.68. The number of anilines is 1. The van der Waals surface area contributed by atoms with E-state index in [9.17, 15) is 14.4 Å². The Labute approximate surface area is 164 Å². The van der Waals surface area contributed by atoms with Gasteiger partial charge in [-0.2, -0.15) is 0 Å². The van der Waals surface area contributed by atoms with Crippen molar-refractivity contribution in [3.05, 3.63) is 28.3 Å². The number of hydrogen-bond donors (Lipinski definition) is 2. The molecule has 0 atom stereocenters. The molecule has 0 fully saturated rings. The summed E-state index contributed by atoms with van der Waals surface area (Å²) in [7, 11) is 4.01. The van der Waals surface area contributed by atoms with Crippen LogP contribution in [0, 0.1) is 6.92 Å². The predicted molar refractivity (Wildman–Crippen MR) is 100 cm³/mol. The summed E-state index contributed by atoms with van der Waals surface area (Å²) < 4.78 is 20.4. The zero-order chi connectivity index (χ0) is 20.8. The van der Waals surface area contributed by atoms with Crippen molar-refractivity contribution in [2.75, 3.05) is 33.3 Å². The topological polar surface area (TPSA) is 139 Å². The van der Waals surface area contributed by atoms with Gasteiger partial charge in [-0.1, -0.05) is 11.3 Å². The third-order valence-electron chi connectivity index (χ3n) is 3.47. The highest BCUT2D eigenvalue weighted by Gasteiger charge is 2.21. The highest BCUT2D eigenvalue weighted by atomic mass is 32.1. The summed E-state index contributed by atoms with van der Waals surface area (Å²) in [6.45, 7) is 1.25. The van der Waals surface area contributed by atoms with Gasteiger partial charge in [-0.3, -0.25) is 14.9 Å². The number of nitrogens with zero attached hydrogens (tertiary/aromatic N) is 1. The van der Waals surface area contributed by atoms with E-state index in [1.165, 1.54) is 33.5 Å². The van der Waals surface area contributed by atoms with Gasteiger partial charge in [-0.15, -0.1) is 0 Å². The van der Waals surface area contributed by atoms with Crippen molar-refractivity contribution in [3.8, 4) is 17.2 Å². The molecule has 150 valence electrons. The molecule has 0 aliphatic heterocycles. The summed E-state index contributed by atoms with van der Waals surface area (Å²) in [6.07, 6.45) is 0. The number of nitrogens with one attached hydrogen (secondary N) is 1. The maximum atomic E-state index is 12.6. The number of methoxy groups -OCH3 is 3. The molecule has 0 spiro atoms. The number of rotatable bonds is 8. The van der Waals surface area contributed by atoms with Gasteiger partial charge in [0.15, 0.2) is 23.2 Å². The van der Waals surface area contributed by atoms with Gasteiger partial charge in [-0.05, 0) is 19.1 Å². The lowest BCUT2D eigenvalue weighted by Crippen LogP contribution is -2.20. The van der Waals surface area contributed by atoms with Crippen molar-refractivity contribution in [2.24, 2.45) is 5.73 Å². The number of benzene rings is 1. The average molecular weight is 409 g/mol. The molecule has 1 aromatic carbocycles. The van der Waals surface area contributed by atoms with Crippen LogP contribution in [-0.4, -0.2) is 50.7 Å². The smallest absolute Gasteiger partial charge is 0.350 e. The Morgan fingerprint density at radius 3 is 2.25 bits per heavy atom. The van der Waals surface area contributed by atoms with Crippen molar-refractivity contribution in [1.82, 2.24) is 4.98 Å². The van der Waals surface area contributed by atoms with Crippen molar-refractivity contribution in [1.29, 1.82) is 0 Å². The normalized spacial score (nSPS) is 10.1. The number of primary amides is 1. The molecule has 1 aromatic heterocycles. The molecule has 0 radical (unpaired) electrons. The first-order valence-corrected chi connectivity index (χ1v) is 8.66. The first-order chi connectivity index (χ1) is 13.3. The highest BCUT2D eigenvalue weighted by Crippen LogP contribution is 2.38. The van der Waals surface area contributed by atoms with Crippen LogP contribution in [0.1, 0.15) is 25.7 Å². The van der Waals surface area contributed by atoms with Gasteiger partial charge in [-0.25, -0.2) is 9.78 Å². The molecule has 0 saturated heterocycles. The summed E-state index contributed by atoms with van der Waals surface area (Å²) in [5.41, 5.74) is 5.71. The Bertz CT molecular complexity index is 885. The monoisotopic (exact) mass is 409 g/mol. The zero-order valence-corrected chi connectivity index (χ0v) is 16.5. The van der Waals surface area contributed by atoms with E-state index < -0.39 is 17.8 Å². The fraction of sp³-hybridized carbons (Fsp3) is 0.294. The molecule has 11 heteroatoms. The van der Waals surface area contributed by atoms with E-state index in [1.54, 1.807) is 6.92 Å². The number of carbonyl (C=O) groups is 3. The Morgan fingerprint density at radius 2 is 1.75 bits per heavy atom. The van der Waals surface area contributed by atoms with E-state index in [0.29, 0.717) is 10.6 Å². The van der Waals surface area contributed by atoms with Gasteiger partial charge in [0.05, 0.1) is 27.0 Å². The average Bonchev–Trinajstić information content (AvgIpc) is 3.04. The summed E-state index contributed by atoms with van der Waals surface area (Å²) in [6, 6.07) is 2.83. The summed E-state index contributed by atoms with van der Waals surface area (Å²) in [4.78, 5) is 39.7. The summed E-state index contributed by atoms with van der Waals surface area (Å²) >= 11 is 0.993. The molecule has 0 aliphatic carbocycles. The number of nitrogens with two attached hydrogens (primary N) is 1. The van der Waals surface area contributed by atoms with Crippen molar-refractivity contribution < 1.29 is 33.3 Å². The number of aryl methyl sites for hydroxylation is 1. The predicted octanol–water partition coefficient (Wildman–Crippen LogP) is 1.37. The molecule has 2 aromatic rings. The zero-order valence-electron chi connectivity index (χ0n) is 15.7. The summed E-state index contributed by atoms with van der Waals surface area (Å²) in [5.74, 6) is -1.23. The second-order valence-electron chi connectivity index (χ2n) is 5.34. The van der Waals surface area contributed by atoms with Crippen molar-refractivity contribution in [3.63, 3.8) is 0 Å². The van der Waals surface area contributed by atoms with Crippen LogP contribution in [0.4, 0.5) is 5.13 Å². The van der Waals surface area contributed by atoms with Crippen LogP contribution in [0.2, 0.25) is 0 Å².